The first-order valence-corrected chi connectivity index (χ1v) is 4.88. The van der Waals surface area contributed by atoms with Crippen LogP contribution in [0, 0.1) is 6.08 Å². The lowest BCUT2D eigenvalue weighted by molar-refractivity contribution is -0.110. The predicted molar refractivity (Wildman–Crippen MR) is 60.3 cm³/mol. The van der Waals surface area contributed by atoms with E-state index in [-0.39, 0.29) is 11.6 Å². The molecular weight excluding hydrogens is 200 g/mol. The second-order valence-electron chi connectivity index (χ2n) is 3.69. The molecule has 0 aliphatic heterocycles. The number of benzene rings is 1. The van der Waals surface area contributed by atoms with Gasteiger partial charge in [-0.3, -0.25) is 9.59 Å². The summed E-state index contributed by atoms with van der Waals surface area (Å²) in [6.07, 6.45) is 11.8. The summed E-state index contributed by atoms with van der Waals surface area (Å²) < 4.78 is 0. The number of hydrogen-bond acceptors (Lipinski definition) is 2. The SMILES string of the molecule is O=C1[C]=Cc2cc3c(cc2=[C]1)C=CC(=O)C=3. The third-order valence-electron chi connectivity index (χ3n) is 2.59. The summed E-state index contributed by atoms with van der Waals surface area (Å²) in [4.78, 5) is 22.3. The first-order chi connectivity index (χ1) is 7.72. The Morgan fingerprint density at radius 1 is 1.00 bits per heavy atom. The molecule has 1 aromatic carbocycles. The highest BCUT2D eigenvalue weighted by Gasteiger charge is 2.07. The summed E-state index contributed by atoms with van der Waals surface area (Å²) in [5.41, 5.74) is 1.81. The fraction of sp³-hybridized carbons (Fsp3) is 0. The normalized spacial score (nSPS) is 16.2. The summed E-state index contributed by atoms with van der Waals surface area (Å²) in [6, 6.07) is 3.73. The summed E-state index contributed by atoms with van der Waals surface area (Å²) >= 11 is 0. The van der Waals surface area contributed by atoms with Gasteiger partial charge in [-0.05, 0) is 51.9 Å². The van der Waals surface area contributed by atoms with Crippen molar-refractivity contribution in [2.45, 2.75) is 0 Å². The van der Waals surface area contributed by atoms with Crippen molar-refractivity contribution >= 4 is 35.9 Å². The molecule has 16 heavy (non-hydrogen) atoms. The largest absolute Gasteiger partial charge is 0.290 e. The quantitative estimate of drug-likeness (QED) is 0.604. The highest BCUT2D eigenvalue weighted by atomic mass is 16.1. The zero-order valence-corrected chi connectivity index (χ0v) is 8.28. The van der Waals surface area contributed by atoms with Crippen molar-refractivity contribution in [1.82, 2.24) is 0 Å². The third-order valence-corrected chi connectivity index (χ3v) is 2.59. The topological polar surface area (TPSA) is 34.1 Å². The van der Waals surface area contributed by atoms with Gasteiger partial charge < -0.3 is 0 Å². The molecule has 0 bridgehead atoms. The van der Waals surface area contributed by atoms with Crippen LogP contribution in [0.3, 0.4) is 0 Å². The lowest BCUT2D eigenvalue weighted by Gasteiger charge is -2.06. The fourth-order valence-electron chi connectivity index (χ4n) is 1.82. The lowest BCUT2D eigenvalue weighted by atomic mass is 9.97. The van der Waals surface area contributed by atoms with Crippen molar-refractivity contribution in [3.8, 4) is 0 Å². The Bertz CT molecular complexity index is 626. The Hall–Kier alpha value is -2.22. The number of carbonyl (C=O) groups is 2. The Morgan fingerprint density at radius 3 is 2.75 bits per heavy atom. The van der Waals surface area contributed by atoms with Crippen LogP contribution in [-0.2, 0) is 9.59 Å². The second-order valence-corrected chi connectivity index (χ2v) is 3.69. The van der Waals surface area contributed by atoms with Gasteiger partial charge >= 0.3 is 0 Å². The van der Waals surface area contributed by atoms with Gasteiger partial charge in [-0.25, -0.2) is 0 Å². The van der Waals surface area contributed by atoms with Crippen LogP contribution in [0.15, 0.2) is 18.2 Å². The van der Waals surface area contributed by atoms with E-state index in [1.54, 1.807) is 18.2 Å². The van der Waals surface area contributed by atoms with E-state index in [0.29, 0.717) is 0 Å². The van der Waals surface area contributed by atoms with Gasteiger partial charge in [0.25, 0.3) is 0 Å². The number of allylic oxidation sites excluding steroid dienone is 2. The van der Waals surface area contributed by atoms with Gasteiger partial charge in [-0.2, -0.15) is 0 Å². The van der Waals surface area contributed by atoms with Crippen molar-refractivity contribution in [1.29, 1.82) is 0 Å². The van der Waals surface area contributed by atoms with Crippen LogP contribution in [0.5, 0.6) is 0 Å². The van der Waals surface area contributed by atoms with E-state index in [1.807, 2.05) is 12.1 Å². The minimum Gasteiger partial charge on any atom is -0.290 e. The van der Waals surface area contributed by atoms with Crippen molar-refractivity contribution in [3.63, 3.8) is 0 Å². The molecule has 74 valence electrons. The van der Waals surface area contributed by atoms with Crippen LogP contribution in [0.2, 0.25) is 0 Å². The zero-order chi connectivity index (χ0) is 11.1. The summed E-state index contributed by atoms with van der Waals surface area (Å²) in [5.74, 6) is -0.257. The van der Waals surface area contributed by atoms with Crippen LogP contribution in [0.25, 0.3) is 24.3 Å². The number of Topliss-reactive ketones (excluding diaryl/α,β-unsaturated/α-hetero) is 1. The van der Waals surface area contributed by atoms with Crippen LogP contribution in [-0.4, -0.2) is 11.6 Å². The van der Waals surface area contributed by atoms with E-state index in [0.717, 1.165) is 21.6 Å². The van der Waals surface area contributed by atoms with Gasteiger partial charge in [0, 0.05) is 12.2 Å². The molecule has 0 saturated carbocycles. The predicted octanol–water partition coefficient (Wildman–Crippen LogP) is 0.120. The fourth-order valence-corrected chi connectivity index (χ4v) is 1.82. The number of ketones is 2. The Morgan fingerprint density at radius 2 is 1.88 bits per heavy atom. The molecule has 0 heterocycles. The molecule has 2 aliphatic carbocycles. The molecule has 0 spiro atoms. The lowest BCUT2D eigenvalue weighted by Crippen LogP contribution is -2.21. The third kappa shape index (κ3) is 1.36. The molecule has 2 nitrogen and oxygen atoms in total. The molecule has 2 radical (unpaired) electrons. The molecule has 0 amide bonds. The van der Waals surface area contributed by atoms with Gasteiger partial charge in [0.05, 0.1) is 0 Å². The van der Waals surface area contributed by atoms with E-state index < -0.39 is 0 Å². The van der Waals surface area contributed by atoms with Crippen molar-refractivity contribution in [2.24, 2.45) is 0 Å². The molecule has 3 rings (SSSR count). The van der Waals surface area contributed by atoms with E-state index in [2.05, 4.69) is 12.2 Å². The van der Waals surface area contributed by atoms with Crippen LogP contribution >= 0.6 is 0 Å². The van der Waals surface area contributed by atoms with E-state index in [1.165, 1.54) is 6.08 Å². The van der Waals surface area contributed by atoms with Gasteiger partial charge in [-0.1, -0.05) is 6.08 Å². The van der Waals surface area contributed by atoms with Gasteiger partial charge in [0.2, 0.25) is 0 Å². The van der Waals surface area contributed by atoms with Gasteiger partial charge in [0.1, 0.15) is 0 Å². The monoisotopic (exact) mass is 206 g/mol. The maximum Gasteiger partial charge on any atom is 0.195 e. The summed E-state index contributed by atoms with van der Waals surface area (Å²) in [7, 11) is 0. The highest BCUT2D eigenvalue weighted by Crippen LogP contribution is 2.04. The Kier molecular flexibility index (Phi) is 1.77. The van der Waals surface area contributed by atoms with Crippen molar-refractivity contribution in [2.75, 3.05) is 0 Å². The maximum absolute atomic E-state index is 11.2. The van der Waals surface area contributed by atoms with Crippen molar-refractivity contribution in [3.05, 3.63) is 45.8 Å². The maximum atomic E-state index is 11.2. The van der Waals surface area contributed by atoms with Gasteiger partial charge in [-0.15, -0.1) is 0 Å². The number of carbonyl (C=O) groups excluding carboxylic acids is 2. The second kappa shape index (κ2) is 3.14. The highest BCUT2D eigenvalue weighted by molar-refractivity contribution is 6.17. The average Bonchev–Trinajstić information content (AvgIpc) is 2.26. The average molecular weight is 206 g/mol. The minimum absolute atomic E-state index is 0.0137. The molecule has 2 heteroatoms. The minimum atomic E-state index is -0.243. The van der Waals surface area contributed by atoms with E-state index in [9.17, 15) is 9.59 Å². The number of hydrogen-bond donors (Lipinski definition) is 0. The molecule has 0 atom stereocenters. The molecular formula is C14H6O2. The molecule has 0 aromatic heterocycles. The van der Waals surface area contributed by atoms with Gasteiger partial charge in [0.15, 0.2) is 11.6 Å². The summed E-state index contributed by atoms with van der Waals surface area (Å²) in [5, 5.41) is 1.63. The molecule has 0 saturated heterocycles. The number of rotatable bonds is 0. The van der Waals surface area contributed by atoms with Crippen molar-refractivity contribution < 1.29 is 9.59 Å². The molecule has 1 aromatic rings. The molecule has 2 aliphatic rings. The van der Waals surface area contributed by atoms with Crippen LogP contribution < -0.4 is 10.4 Å². The summed E-state index contributed by atoms with van der Waals surface area (Å²) in [6.45, 7) is 0. The van der Waals surface area contributed by atoms with E-state index >= 15 is 0 Å². The molecule has 0 N–H and O–H groups in total. The number of fused-ring (bicyclic) bond motifs is 2. The Labute approximate surface area is 91.9 Å². The standard InChI is InChI=1S/C14H6O2/c15-13-3-1-9-5-12-8-14(16)4-2-10(12)6-11(9)7-13/h1-3,5-7H. The first-order valence-electron chi connectivity index (χ1n) is 4.88. The molecule has 0 unspecified atom stereocenters. The molecule has 0 fully saturated rings. The zero-order valence-electron chi connectivity index (χ0n) is 8.28. The smallest absolute Gasteiger partial charge is 0.195 e. The van der Waals surface area contributed by atoms with Crippen LogP contribution in [0.1, 0.15) is 11.1 Å². The first kappa shape index (κ1) is 9.04. The Balaban J connectivity index is 2.38. The van der Waals surface area contributed by atoms with Crippen LogP contribution in [0.4, 0.5) is 0 Å². The van der Waals surface area contributed by atoms with E-state index in [4.69, 9.17) is 0 Å².